The second-order valence-electron chi connectivity index (χ2n) is 3.97. The molecule has 0 aliphatic carbocycles. The van der Waals surface area contributed by atoms with Gasteiger partial charge in [0.15, 0.2) is 0 Å². The smallest absolute Gasteiger partial charge is 0.748 e. The number of hydrogen-bond donors (Lipinski definition) is 0. The van der Waals surface area contributed by atoms with Crippen LogP contribution in [0.1, 0.15) is 12.8 Å². The summed E-state index contributed by atoms with van der Waals surface area (Å²) in [5.74, 6) is -2.29. The Morgan fingerprint density at radius 1 is 0.800 bits per heavy atom. The van der Waals surface area contributed by atoms with Crippen LogP contribution >= 0.6 is 0 Å². The molecule has 0 bridgehead atoms. The molecule has 0 N–H and O–H groups in total. The molecule has 0 unspecified atom stereocenters. The van der Waals surface area contributed by atoms with Gasteiger partial charge in [-0.15, -0.1) is 0 Å². The Hall–Kier alpha value is -0.500. The third kappa shape index (κ3) is 28.6. The van der Waals surface area contributed by atoms with E-state index in [0.717, 1.165) is 12.2 Å². The molecule has 0 fully saturated rings. The van der Waals surface area contributed by atoms with Gasteiger partial charge < -0.3 is 18.6 Å². The van der Waals surface area contributed by atoms with Gasteiger partial charge in [0.1, 0.15) is 0 Å². The Kier molecular flexibility index (Phi) is 18.4. The van der Waals surface area contributed by atoms with Gasteiger partial charge in [-0.2, -0.15) is 0 Å². The molecule has 0 heterocycles. The van der Waals surface area contributed by atoms with Gasteiger partial charge in [-0.1, -0.05) is 13.2 Å². The van der Waals surface area contributed by atoms with Crippen molar-refractivity contribution in [3.63, 3.8) is 0 Å². The minimum absolute atomic E-state index is 0. The molecule has 0 spiro atoms. The molecule has 0 saturated carbocycles. The van der Waals surface area contributed by atoms with Crippen molar-refractivity contribution in [1.82, 2.24) is 0 Å². The number of rotatable bonds is 10. The van der Waals surface area contributed by atoms with Crippen LogP contribution in [-0.4, -0.2) is 100 Å². The summed E-state index contributed by atoms with van der Waals surface area (Å²) in [6.07, 6.45) is 1.97. The van der Waals surface area contributed by atoms with Crippen LogP contribution in [0.25, 0.3) is 0 Å². The van der Waals surface area contributed by atoms with E-state index < -0.39 is 43.7 Å². The minimum Gasteiger partial charge on any atom is -0.748 e. The Bertz CT molecular complexity index is 568. The fraction of sp³-hybridized carbons (Fsp3) is 0.500. The zero-order valence-electron chi connectivity index (χ0n) is 13.4. The van der Waals surface area contributed by atoms with Crippen molar-refractivity contribution in [3.05, 3.63) is 25.3 Å². The molecule has 0 saturated heterocycles. The quantitative estimate of drug-likeness (QED) is 0.138. The van der Waals surface area contributed by atoms with Gasteiger partial charge in [-0.25, -0.2) is 26.4 Å². The van der Waals surface area contributed by atoms with Crippen LogP contribution in [0.4, 0.5) is 0 Å². The molecule has 0 aliphatic rings. The summed E-state index contributed by atoms with van der Waals surface area (Å²) in [6, 6.07) is 0. The Morgan fingerprint density at radius 2 is 1.08 bits per heavy atom. The molecule has 0 amide bonds. The molecule has 0 aromatic rings. The average Bonchev–Trinajstić information content (AvgIpc) is 2.46. The zero-order valence-corrected chi connectivity index (χ0v) is 17.3. The first kappa shape index (κ1) is 29.3. The van der Waals surface area contributed by atoms with Crippen molar-refractivity contribution in [2.45, 2.75) is 12.8 Å². The predicted molar refractivity (Wildman–Crippen MR) is 86.4 cm³/mol. The molecule has 140 valence electrons. The van der Waals surface area contributed by atoms with Crippen LogP contribution in [0.15, 0.2) is 25.3 Å². The van der Waals surface area contributed by atoms with E-state index in [1.54, 1.807) is 0 Å². The van der Waals surface area contributed by atoms with Crippen molar-refractivity contribution >= 4 is 69.9 Å². The summed E-state index contributed by atoms with van der Waals surface area (Å²) in [4.78, 5) is 20.7. The first-order chi connectivity index (χ1) is 10.9. The van der Waals surface area contributed by atoms with E-state index in [1.165, 1.54) is 0 Å². The van der Waals surface area contributed by atoms with E-state index >= 15 is 0 Å². The van der Waals surface area contributed by atoms with Crippen molar-refractivity contribution in [2.24, 2.45) is 0 Å². The topological polar surface area (TPSA) is 167 Å². The SMILES string of the molecule is C=CC(=O)OCCCS(=O)(=O)[O-].C=CC(=O)OCCCS(=O)(=O)[O-].[Ca+2]. The van der Waals surface area contributed by atoms with Gasteiger partial charge >= 0.3 is 49.7 Å². The maximum Gasteiger partial charge on any atom is 2.00 e. The second kappa shape index (κ2) is 15.7. The van der Waals surface area contributed by atoms with Crippen LogP contribution in [0.2, 0.25) is 0 Å². The fourth-order valence-corrected chi connectivity index (χ4v) is 1.88. The van der Waals surface area contributed by atoms with Crippen molar-refractivity contribution in [2.75, 3.05) is 24.7 Å². The van der Waals surface area contributed by atoms with E-state index in [9.17, 15) is 35.5 Å². The van der Waals surface area contributed by atoms with Crippen LogP contribution < -0.4 is 0 Å². The summed E-state index contributed by atoms with van der Waals surface area (Å²) in [5, 5.41) is 0. The third-order valence-electron chi connectivity index (χ3n) is 1.90. The van der Waals surface area contributed by atoms with Gasteiger partial charge in [0, 0.05) is 23.7 Å². The van der Waals surface area contributed by atoms with Crippen molar-refractivity contribution in [3.8, 4) is 0 Å². The summed E-state index contributed by atoms with van der Waals surface area (Å²) in [5.41, 5.74) is 0. The van der Waals surface area contributed by atoms with Crippen LogP contribution in [0.5, 0.6) is 0 Å². The fourth-order valence-electron chi connectivity index (χ4n) is 0.935. The molecule has 13 heteroatoms. The molecule has 25 heavy (non-hydrogen) atoms. The van der Waals surface area contributed by atoms with Gasteiger partial charge in [0.05, 0.1) is 33.5 Å². The minimum atomic E-state index is -4.20. The largest absolute Gasteiger partial charge is 2.00 e. The number of hydrogen-bond acceptors (Lipinski definition) is 10. The van der Waals surface area contributed by atoms with E-state index in [2.05, 4.69) is 22.6 Å². The van der Waals surface area contributed by atoms with Crippen molar-refractivity contribution < 1.29 is 45.0 Å². The molecule has 0 rings (SSSR count). The molecular weight excluding hydrogens is 408 g/mol. The molecule has 0 aliphatic heterocycles. The van der Waals surface area contributed by atoms with Gasteiger partial charge in [-0.05, 0) is 12.8 Å². The standard InChI is InChI=1S/2C6H10O5S.Ca/c2*1-2-6(7)11-4-3-5-12(8,9)10;/h2*2H,1,3-5H2,(H,8,9,10);/q;;+2/p-2. The molecule has 0 aromatic carbocycles. The molecule has 0 atom stereocenters. The number of ether oxygens (including phenoxy) is 2. The Morgan fingerprint density at radius 3 is 1.28 bits per heavy atom. The molecular formula is C12H18CaO10S2. The van der Waals surface area contributed by atoms with E-state index in [-0.39, 0.29) is 63.8 Å². The molecule has 10 nitrogen and oxygen atoms in total. The Labute approximate surface area is 176 Å². The van der Waals surface area contributed by atoms with Crippen LogP contribution in [0.3, 0.4) is 0 Å². The number of esters is 2. The summed E-state index contributed by atoms with van der Waals surface area (Å²) in [6.45, 7) is 6.11. The van der Waals surface area contributed by atoms with Gasteiger partial charge in [0.2, 0.25) is 0 Å². The monoisotopic (exact) mass is 426 g/mol. The first-order valence-corrected chi connectivity index (χ1v) is 9.52. The van der Waals surface area contributed by atoms with Crippen molar-refractivity contribution in [1.29, 1.82) is 0 Å². The van der Waals surface area contributed by atoms with Crippen LogP contribution in [0, 0.1) is 0 Å². The predicted octanol–water partition coefficient (Wildman–Crippen LogP) is -1.08. The Balaban J connectivity index is -0.000000372. The zero-order chi connectivity index (χ0) is 19.2. The summed E-state index contributed by atoms with van der Waals surface area (Å²) < 4.78 is 69.0. The van der Waals surface area contributed by atoms with E-state index in [4.69, 9.17) is 0 Å². The normalized spacial score (nSPS) is 10.3. The third-order valence-corrected chi connectivity index (χ3v) is 3.48. The second-order valence-corrected chi connectivity index (χ2v) is 7.02. The van der Waals surface area contributed by atoms with E-state index in [0.29, 0.717) is 0 Å². The summed E-state index contributed by atoms with van der Waals surface area (Å²) in [7, 11) is -8.39. The van der Waals surface area contributed by atoms with E-state index in [1.807, 2.05) is 0 Å². The van der Waals surface area contributed by atoms with Crippen LogP contribution in [-0.2, 0) is 39.3 Å². The van der Waals surface area contributed by atoms with Gasteiger partial charge in [-0.3, -0.25) is 0 Å². The molecule has 0 radical (unpaired) electrons. The average molecular weight is 426 g/mol. The first-order valence-electron chi connectivity index (χ1n) is 6.37. The number of carbonyl (C=O) groups excluding carboxylic acids is 2. The summed E-state index contributed by atoms with van der Waals surface area (Å²) >= 11 is 0. The maximum atomic E-state index is 10.4. The van der Waals surface area contributed by atoms with Gasteiger partial charge in [0.25, 0.3) is 0 Å². The number of carbonyl (C=O) groups is 2. The molecule has 0 aromatic heterocycles. The maximum absolute atomic E-state index is 10.4.